The molecule has 0 aliphatic heterocycles. The second-order valence-corrected chi connectivity index (χ2v) is 3.67. The van der Waals surface area contributed by atoms with Gasteiger partial charge < -0.3 is 5.11 Å². The third kappa shape index (κ3) is 1.07. The number of hydrogen-bond acceptors (Lipinski definition) is 4. The summed E-state index contributed by atoms with van der Waals surface area (Å²) in [6, 6.07) is 5.12. The number of nitrogens with zero attached hydrogens (tertiary/aromatic N) is 1. The van der Waals surface area contributed by atoms with Gasteiger partial charge in [-0.25, -0.2) is 0 Å². The van der Waals surface area contributed by atoms with E-state index < -0.39 is 0 Å². The summed E-state index contributed by atoms with van der Waals surface area (Å²) in [5.41, 5.74) is 0.326. The van der Waals surface area contributed by atoms with E-state index in [0.717, 1.165) is 10.1 Å². The van der Waals surface area contributed by atoms with E-state index in [1.54, 1.807) is 6.07 Å². The number of benzene rings is 1. The van der Waals surface area contributed by atoms with Gasteiger partial charge in [0.1, 0.15) is 17.4 Å². The van der Waals surface area contributed by atoms with Crippen molar-refractivity contribution in [3.63, 3.8) is 0 Å². The van der Waals surface area contributed by atoms with E-state index in [4.69, 9.17) is 5.26 Å². The Morgan fingerprint density at radius 3 is 3.00 bits per heavy atom. The van der Waals surface area contributed by atoms with E-state index >= 15 is 0 Å². The molecular weight excluding hydrogens is 198 g/mol. The molecule has 0 saturated carbocycles. The number of carbonyl (C=O) groups is 1. The highest BCUT2D eigenvalue weighted by atomic mass is 32.1. The molecule has 0 aliphatic carbocycles. The summed E-state index contributed by atoms with van der Waals surface area (Å²) in [6.45, 7) is 0. The first kappa shape index (κ1) is 8.73. The van der Waals surface area contributed by atoms with Crippen molar-refractivity contribution in [2.24, 2.45) is 0 Å². The normalized spacial score (nSPS) is 9.93. The minimum atomic E-state index is -0.138. The summed E-state index contributed by atoms with van der Waals surface area (Å²) in [5.74, 6) is -0.138. The largest absolute Gasteiger partial charge is 0.507 e. The summed E-state index contributed by atoms with van der Waals surface area (Å²) in [7, 11) is 0. The Bertz CT molecular complexity index is 551. The number of aldehydes is 1. The first-order chi connectivity index (χ1) is 6.77. The van der Waals surface area contributed by atoms with Crippen LogP contribution in [-0.4, -0.2) is 11.4 Å². The minimum absolute atomic E-state index is 0.0509. The number of aromatic hydroxyl groups is 1. The van der Waals surface area contributed by atoms with E-state index in [0.29, 0.717) is 6.29 Å². The van der Waals surface area contributed by atoms with Crippen molar-refractivity contribution in [3.8, 4) is 11.8 Å². The highest BCUT2D eigenvalue weighted by molar-refractivity contribution is 7.17. The zero-order valence-electron chi connectivity index (χ0n) is 7.02. The molecule has 2 rings (SSSR count). The van der Waals surface area contributed by atoms with E-state index in [-0.39, 0.29) is 16.9 Å². The second kappa shape index (κ2) is 3.13. The van der Waals surface area contributed by atoms with E-state index in [9.17, 15) is 9.90 Å². The maximum absolute atomic E-state index is 10.8. The lowest BCUT2D eigenvalue weighted by molar-refractivity contribution is 0.112. The van der Waals surface area contributed by atoms with Crippen LogP contribution >= 0.6 is 11.3 Å². The number of carbonyl (C=O) groups excluding carboxylic acids is 1. The molecule has 4 heteroatoms. The second-order valence-electron chi connectivity index (χ2n) is 2.75. The average molecular weight is 203 g/mol. The van der Waals surface area contributed by atoms with Gasteiger partial charge in [0.25, 0.3) is 0 Å². The topological polar surface area (TPSA) is 61.1 Å². The first-order valence-electron chi connectivity index (χ1n) is 3.86. The lowest BCUT2D eigenvalue weighted by Crippen LogP contribution is -1.88. The molecule has 1 N–H and O–H groups in total. The molecule has 1 aromatic carbocycles. The maximum atomic E-state index is 10.8. The molecule has 14 heavy (non-hydrogen) atoms. The van der Waals surface area contributed by atoms with Gasteiger partial charge in [0.15, 0.2) is 6.29 Å². The molecule has 0 aliphatic rings. The lowest BCUT2D eigenvalue weighted by Gasteiger charge is -2.00. The van der Waals surface area contributed by atoms with E-state index in [1.807, 2.05) is 11.4 Å². The van der Waals surface area contributed by atoms with Crippen LogP contribution in [0, 0.1) is 11.3 Å². The standard InChI is InChI=1S/C10H5NO2S/c11-4-7-8(5-12)10-6(1-2-14-10)3-9(7)13/h1-3,5,13H. The van der Waals surface area contributed by atoms with Crippen LogP contribution < -0.4 is 0 Å². The molecule has 1 aromatic heterocycles. The SMILES string of the molecule is N#Cc1c(O)cc2ccsc2c1C=O. The van der Waals surface area contributed by atoms with E-state index in [1.165, 1.54) is 17.4 Å². The van der Waals surface area contributed by atoms with Crippen LogP contribution in [0.3, 0.4) is 0 Å². The highest BCUT2D eigenvalue weighted by Gasteiger charge is 2.12. The molecule has 2 aromatic rings. The van der Waals surface area contributed by atoms with Crippen molar-refractivity contribution in [2.75, 3.05) is 0 Å². The van der Waals surface area contributed by atoms with Crippen LogP contribution in [0.4, 0.5) is 0 Å². The highest BCUT2D eigenvalue weighted by Crippen LogP contribution is 2.32. The van der Waals surface area contributed by atoms with Gasteiger partial charge >= 0.3 is 0 Å². The van der Waals surface area contributed by atoms with Crippen LogP contribution in [0.15, 0.2) is 17.5 Å². The molecule has 3 nitrogen and oxygen atoms in total. The van der Waals surface area contributed by atoms with Crippen molar-refractivity contribution in [1.82, 2.24) is 0 Å². The van der Waals surface area contributed by atoms with Gasteiger partial charge in [0, 0.05) is 4.70 Å². The van der Waals surface area contributed by atoms with Gasteiger partial charge in [-0.2, -0.15) is 5.26 Å². The molecule has 0 bridgehead atoms. The Hall–Kier alpha value is -1.86. The molecule has 0 spiro atoms. The third-order valence-electron chi connectivity index (χ3n) is 1.99. The Balaban J connectivity index is 2.98. The predicted molar refractivity (Wildman–Crippen MR) is 53.6 cm³/mol. The number of hydrogen-bond donors (Lipinski definition) is 1. The predicted octanol–water partition coefficient (Wildman–Crippen LogP) is 2.29. The molecule has 0 amide bonds. The molecule has 0 unspecified atom stereocenters. The van der Waals surface area contributed by atoms with Crippen molar-refractivity contribution in [2.45, 2.75) is 0 Å². The van der Waals surface area contributed by atoms with Crippen molar-refractivity contribution in [3.05, 3.63) is 28.6 Å². The Kier molecular flexibility index (Phi) is 1.95. The van der Waals surface area contributed by atoms with E-state index in [2.05, 4.69) is 0 Å². The maximum Gasteiger partial charge on any atom is 0.152 e. The third-order valence-corrected chi connectivity index (χ3v) is 2.95. The van der Waals surface area contributed by atoms with Gasteiger partial charge in [0.05, 0.1) is 5.56 Å². The number of thiophene rings is 1. The van der Waals surface area contributed by atoms with Crippen molar-refractivity contribution >= 4 is 27.7 Å². The lowest BCUT2D eigenvalue weighted by atomic mass is 10.1. The molecule has 0 radical (unpaired) electrons. The molecular formula is C10H5NO2S. The van der Waals surface area contributed by atoms with Gasteiger partial charge in [-0.05, 0) is 22.9 Å². The zero-order valence-corrected chi connectivity index (χ0v) is 7.84. The van der Waals surface area contributed by atoms with Crippen molar-refractivity contribution < 1.29 is 9.90 Å². The summed E-state index contributed by atoms with van der Waals surface area (Å²) in [6.07, 6.45) is 0.608. The molecule has 0 saturated heterocycles. The van der Waals surface area contributed by atoms with Crippen LogP contribution in [0.2, 0.25) is 0 Å². The van der Waals surface area contributed by atoms with Gasteiger partial charge in [-0.1, -0.05) is 0 Å². The molecule has 68 valence electrons. The quantitative estimate of drug-likeness (QED) is 0.723. The summed E-state index contributed by atoms with van der Waals surface area (Å²) >= 11 is 1.38. The van der Waals surface area contributed by atoms with Crippen molar-refractivity contribution in [1.29, 1.82) is 5.26 Å². The van der Waals surface area contributed by atoms with Crippen LogP contribution in [0.1, 0.15) is 15.9 Å². The minimum Gasteiger partial charge on any atom is -0.507 e. The van der Waals surface area contributed by atoms with Crippen LogP contribution in [0.5, 0.6) is 5.75 Å². The number of phenols is 1. The fraction of sp³-hybridized carbons (Fsp3) is 0. The number of nitriles is 1. The number of fused-ring (bicyclic) bond motifs is 1. The Labute approximate surface area is 83.8 Å². The fourth-order valence-corrected chi connectivity index (χ4v) is 2.24. The fourth-order valence-electron chi connectivity index (χ4n) is 1.35. The molecule has 0 fully saturated rings. The van der Waals surface area contributed by atoms with Gasteiger partial charge in [-0.15, -0.1) is 11.3 Å². The molecule has 1 heterocycles. The van der Waals surface area contributed by atoms with Gasteiger partial charge in [0.2, 0.25) is 0 Å². The average Bonchev–Trinajstić information content (AvgIpc) is 2.62. The Morgan fingerprint density at radius 1 is 1.57 bits per heavy atom. The summed E-state index contributed by atoms with van der Waals surface area (Å²) in [4.78, 5) is 10.8. The van der Waals surface area contributed by atoms with Crippen LogP contribution in [0.25, 0.3) is 10.1 Å². The zero-order chi connectivity index (χ0) is 10.1. The summed E-state index contributed by atoms with van der Waals surface area (Å²) < 4.78 is 0.745. The first-order valence-corrected chi connectivity index (χ1v) is 4.74. The summed E-state index contributed by atoms with van der Waals surface area (Å²) in [5, 5.41) is 20.8. The smallest absolute Gasteiger partial charge is 0.152 e. The molecule has 0 atom stereocenters. The van der Waals surface area contributed by atoms with Crippen LogP contribution in [-0.2, 0) is 0 Å². The monoisotopic (exact) mass is 203 g/mol. The number of phenolic OH excluding ortho intramolecular Hbond substituents is 1. The number of rotatable bonds is 1. The van der Waals surface area contributed by atoms with Gasteiger partial charge in [-0.3, -0.25) is 4.79 Å². The Morgan fingerprint density at radius 2 is 2.36 bits per heavy atom.